The zero-order valence-electron chi connectivity index (χ0n) is 11.1. The van der Waals surface area contributed by atoms with E-state index in [0.717, 1.165) is 6.07 Å². The first-order valence-electron chi connectivity index (χ1n) is 6.01. The Hall–Kier alpha value is -2.09. The number of furan rings is 1. The number of benzene rings is 1. The maximum Gasteiger partial charge on any atom is 0.327 e. The van der Waals surface area contributed by atoms with Gasteiger partial charge in [0, 0.05) is 25.1 Å². The zero-order valence-corrected chi connectivity index (χ0v) is 12.6. The number of hydrogen-bond donors (Lipinski definition) is 1. The first-order valence-corrected chi connectivity index (χ1v) is 6.80. The van der Waals surface area contributed by atoms with Gasteiger partial charge in [0.1, 0.15) is 17.2 Å². The first kappa shape index (κ1) is 15.3. The van der Waals surface area contributed by atoms with Crippen LogP contribution in [-0.4, -0.2) is 18.6 Å². The van der Waals surface area contributed by atoms with Gasteiger partial charge in [-0.2, -0.15) is 4.39 Å². The second-order valence-electron chi connectivity index (χ2n) is 4.15. The van der Waals surface area contributed by atoms with Crippen molar-refractivity contribution in [1.29, 1.82) is 0 Å². The van der Waals surface area contributed by atoms with Crippen LogP contribution in [0.2, 0.25) is 0 Å². The average molecular weight is 359 g/mol. The Balaban J connectivity index is 2.14. The van der Waals surface area contributed by atoms with E-state index >= 15 is 0 Å². The highest BCUT2D eigenvalue weighted by atomic mass is 79.9. The molecule has 0 amide bonds. The molecule has 1 aromatic heterocycles. The molecule has 6 nitrogen and oxygen atoms in total. The molecule has 0 aliphatic rings. The lowest BCUT2D eigenvalue weighted by Gasteiger charge is -2.09. The third-order valence-electron chi connectivity index (χ3n) is 2.77. The Kier molecular flexibility index (Phi) is 4.79. The lowest BCUT2D eigenvalue weighted by molar-refractivity contribution is -0.386. The molecule has 0 saturated carbocycles. The van der Waals surface area contributed by atoms with Crippen molar-refractivity contribution in [3.8, 4) is 5.75 Å². The summed E-state index contributed by atoms with van der Waals surface area (Å²) in [6.45, 7) is 0.355. The highest BCUT2D eigenvalue weighted by Gasteiger charge is 2.22. The van der Waals surface area contributed by atoms with E-state index in [1.54, 1.807) is 12.1 Å². The maximum atomic E-state index is 13.7. The number of nitro groups is 1. The Morgan fingerprint density at radius 1 is 1.48 bits per heavy atom. The summed E-state index contributed by atoms with van der Waals surface area (Å²) in [5, 5.41) is 13.8. The van der Waals surface area contributed by atoms with E-state index in [4.69, 9.17) is 9.15 Å². The maximum absolute atomic E-state index is 13.7. The summed E-state index contributed by atoms with van der Waals surface area (Å²) >= 11 is 3.19. The monoisotopic (exact) mass is 358 g/mol. The van der Waals surface area contributed by atoms with E-state index in [9.17, 15) is 14.5 Å². The van der Waals surface area contributed by atoms with E-state index in [1.165, 1.54) is 13.2 Å². The van der Waals surface area contributed by atoms with Crippen molar-refractivity contribution in [1.82, 2.24) is 0 Å². The van der Waals surface area contributed by atoms with E-state index in [1.807, 2.05) is 0 Å². The lowest BCUT2D eigenvalue weighted by atomic mass is 10.2. The van der Waals surface area contributed by atoms with E-state index in [2.05, 4.69) is 21.2 Å². The van der Waals surface area contributed by atoms with Gasteiger partial charge in [0.05, 0.1) is 12.0 Å². The molecule has 0 bridgehead atoms. The molecule has 0 aliphatic carbocycles. The quantitative estimate of drug-likeness (QED) is 0.628. The molecule has 0 atom stereocenters. The van der Waals surface area contributed by atoms with Crippen LogP contribution in [0, 0.1) is 15.9 Å². The molecule has 21 heavy (non-hydrogen) atoms. The van der Waals surface area contributed by atoms with Crippen molar-refractivity contribution in [3.05, 3.63) is 50.6 Å². The molecule has 0 saturated heterocycles. The van der Waals surface area contributed by atoms with Crippen LogP contribution in [0.25, 0.3) is 0 Å². The molecule has 0 aliphatic heterocycles. The molecule has 0 unspecified atom stereocenters. The second kappa shape index (κ2) is 6.57. The molecular formula is C13H12BrFN2O4. The summed E-state index contributed by atoms with van der Waals surface area (Å²) in [6, 6.07) is 5.90. The molecule has 112 valence electrons. The summed E-state index contributed by atoms with van der Waals surface area (Å²) in [5.74, 6) is -0.0238. The third-order valence-corrected chi connectivity index (χ3v) is 3.20. The molecule has 1 heterocycles. The highest BCUT2D eigenvalue weighted by Crippen LogP contribution is 2.32. The predicted molar refractivity (Wildman–Crippen MR) is 78.2 cm³/mol. The molecule has 1 N–H and O–H groups in total. The minimum Gasteiger partial charge on any atom is -0.497 e. The van der Waals surface area contributed by atoms with Gasteiger partial charge in [-0.25, -0.2) is 0 Å². The zero-order chi connectivity index (χ0) is 15.4. The number of methoxy groups -OCH3 is 1. The first-order chi connectivity index (χ1) is 10.0. The van der Waals surface area contributed by atoms with Crippen molar-refractivity contribution in [2.75, 3.05) is 19.0 Å². The Morgan fingerprint density at radius 3 is 2.81 bits per heavy atom. The fourth-order valence-electron chi connectivity index (χ4n) is 1.82. The number of nitrogens with one attached hydrogen (secondary N) is 1. The van der Waals surface area contributed by atoms with Gasteiger partial charge < -0.3 is 14.5 Å². The Morgan fingerprint density at radius 2 is 2.24 bits per heavy atom. The van der Waals surface area contributed by atoms with Crippen LogP contribution in [0.15, 0.2) is 33.4 Å². The smallest absolute Gasteiger partial charge is 0.327 e. The van der Waals surface area contributed by atoms with Crippen LogP contribution in [0.4, 0.5) is 15.8 Å². The number of rotatable bonds is 6. The number of nitro benzene ring substituents is 1. The van der Waals surface area contributed by atoms with Crippen molar-refractivity contribution < 1.29 is 18.5 Å². The van der Waals surface area contributed by atoms with Gasteiger partial charge in [-0.15, -0.1) is 0 Å². The lowest BCUT2D eigenvalue weighted by Crippen LogP contribution is -2.08. The standard InChI is InChI=1S/C13H12BrFN2O4/c1-20-9-6-10(15)13(17(18)19)11(7-9)16-5-4-8-2-3-12(14)21-8/h2-3,6-7,16H,4-5H2,1H3. The third kappa shape index (κ3) is 3.72. The van der Waals surface area contributed by atoms with Gasteiger partial charge >= 0.3 is 5.69 Å². The van der Waals surface area contributed by atoms with Crippen LogP contribution in [0.3, 0.4) is 0 Å². The molecule has 0 fully saturated rings. The summed E-state index contributed by atoms with van der Waals surface area (Å²) in [7, 11) is 1.37. The summed E-state index contributed by atoms with van der Waals surface area (Å²) < 4.78 is 24.5. The van der Waals surface area contributed by atoms with Crippen LogP contribution in [0.1, 0.15) is 5.76 Å². The Labute approximate surface area is 128 Å². The predicted octanol–water partition coefficient (Wildman–Crippen LogP) is 3.75. The van der Waals surface area contributed by atoms with Crippen molar-refractivity contribution in [2.24, 2.45) is 0 Å². The molecule has 1 aromatic carbocycles. The summed E-state index contributed by atoms with van der Waals surface area (Å²) in [4.78, 5) is 10.2. The minimum atomic E-state index is -0.942. The van der Waals surface area contributed by atoms with E-state index < -0.39 is 16.4 Å². The number of nitrogens with zero attached hydrogens (tertiary/aromatic N) is 1. The van der Waals surface area contributed by atoms with Gasteiger partial charge in [0.25, 0.3) is 0 Å². The number of halogens is 2. The fraction of sp³-hybridized carbons (Fsp3) is 0.231. The van der Waals surface area contributed by atoms with Crippen LogP contribution in [-0.2, 0) is 6.42 Å². The minimum absolute atomic E-state index is 0.0717. The molecule has 2 rings (SSSR count). The fourth-order valence-corrected chi connectivity index (χ4v) is 2.16. The Bertz CT molecular complexity index is 660. The van der Waals surface area contributed by atoms with Gasteiger partial charge in [0.2, 0.25) is 5.82 Å². The number of anilines is 1. The van der Waals surface area contributed by atoms with Crippen LogP contribution in [0.5, 0.6) is 5.75 Å². The van der Waals surface area contributed by atoms with Crippen molar-refractivity contribution in [3.63, 3.8) is 0 Å². The molecule has 0 radical (unpaired) electrons. The normalized spacial score (nSPS) is 10.4. The summed E-state index contributed by atoms with van der Waals surface area (Å²) in [6.07, 6.45) is 0.502. The molecule has 2 aromatic rings. The van der Waals surface area contributed by atoms with Gasteiger partial charge in [-0.1, -0.05) is 0 Å². The summed E-state index contributed by atoms with van der Waals surface area (Å²) in [5.41, 5.74) is -0.529. The van der Waals surface area contributed by atoms with E-state index in [0.29, 0.717) is 23.4 Å². The largest absolute Gasteiger partial charge is 0.497 e. The topological polar surface area (TPSA) is 77.5 Å². The average Bonchev–Trinajstić information content (AvgIpc) is 2.83. The SMILES string of the molecule is COc1cc(F)c([N+](=O)[O-])c(NCCc2ccc(Br)o2)c1. The second-order valence-corrected chi connectivity index (χ2v) is 4.93. The molecule has 0 spiro atoms. The number of hydrogen-bond acceptors (Lipinski definition) is 5. The van der Waals surface area contributed by atoms with Gasteiger partial charge in [-0.05, 0) is 28.1 Å². The van der Waals surface area contributed by atoms with Crippen molar-refractivity contribution in [2.45, 2.75) is 6.42 Å². The highest BCUT2D eigenvalue weighted by molar-refractivity contribution is 9.10. The van der Waals surface area contributed by atoms with Crippen LogP contribution >= 0.6 is 15.9 Å². The van der Waals surface area contributed by atoms with Crippen molar-refractivity contribution >= 4 is 27.3 Å². The van der Waals surface area contributed by atoms with Gasteiger partial charge in [-0.3, -0.25) is 10.1 Å². The molecule has 8 heteroatoms. The molecular weight excluding hydrogens is 347 g/mol. The van der Waals surface area contributed by atoms with Crippen LogP contribution < -0.4 is 10.1 Å². The van der Waals surface area contributed by atoms with E-state index in [-0.39, 0.29) is 11.4 Å². The number of ether oxygens (including phenoxy) is 1. The van der Waals surface area contributed by atoms with Gasteiger partial charge in [0.15, 0.2) is 4.67 Å².